The van der Waals surface area contributed by atoms with Crippen molar-refractivity contribution < 1.29 is 4.79 Å². The molecule has 0 bridgehead atoms. The van der Waals surface area contributed by atoms with Crippen LogP contribution in [0.4, 0.5) is 0 Å². The molecule has 0 aliphatic rings. The summed E-state index contributed by atoms with van der Waals surface area (Å²) in [6.45, 7) is 10.5. The van der Waals surface area contributed by atoms with E-state index < -0.39 is 0 Å². The zero-order chi connectivity index (χ0) is 17.8. The number of aromatic nitrogens is 3. The van der Waals surface area contributed by atoms with Crippen molar-refractivity contribution in [3.8, 4) is 0 Å². The molecule has 1 aromatic carbocycles. The first kappa shape index (κ1) is 17.2. The Morgan fingerprint density at radius 2 is 1.96 bits per heavy atom. The summed E-state index contributed by atoms with van der Waals surface area (Å²) < 4.78 is 2.01. The van der Waals surface area contributed by atoms with Crippen molar-refractivity contribution in [1.82, 2.24) is 19.5 Å². The van der Waals surface area contributed by atoms with Gasteiger partial charge in [0.1, 0.15) is 0 Å². The number of benzene rings is 1. The van der Waals surface area contributed by atoms with Gasteiger partial charge in [-0.25, -0.2) is 0 Å². The second-order valence-corrected chi connectivity index (χ2v) is 6.63. The van der Waals surface area contributed by atoms with Gasteiger partial charge in [0.15, 0.2) is 10.8 Å². The third-order valence-electron chi connectivity index (χ3n) is 3.95. The van der Waals surface area contributed by atoms with Crippen LogP contribution in [0, 0.1) is 6.92 Å². The van der Waals surface area contributed by atoms with Gasteiger partial charge in [0.05, 0.1) is 11.3 Å². The van der Waals surface area contributed by atoms with E-state index in [0.717, 1.165) is 27.3 Å². The zero-order valence-electron chi connectivity index (χ0n) is 14.2. The van der Waals surface area contributed by atoms with E-state index >= 15 is 0 Å². The number of aryl methyl sites for hydroxylation is 1. The second-order valence-electron chi connectivity index (χ2n) is 5.69. The van der Waals surface area contributed by atoms with E-state index in [1.807, 2.05) is 28.7 Å². The first-order valence-corrected chi connectivity index (χ1v) is 9.00. The Labute approximate surface area is 151 Å². The van der Waals surface area contributed by atoms with E-state index in [9.17, 15) is 4.79 Å². The van der Waals surface area contributed by atoms with Crippen LogP contribution in [0.5, 0.6) is 0 Å². The SMILES string of the molecule is C=CCN(CC=C)C(=O)CSc1nnc2cc(C)c3ccccc3n12. The van der Waals surface area contributed by atoms with Gasteiger partial charge in [-0.15, -0.1) is 23.4 Å². The molecule has 2 heterocycles. The van der Waals surface area contributed by atoms with Gasteiger partial charge in [0, 0.05) is 18.5 Å². The third kappa shape index (κ3) is 3.44. The Bertz CT molecular complexity index is 937. The number of thioether (sulfide) groups is 1. The standard InChI is InChI=1S/C19H20N4OS/c1-4-10-22(11-5-2)18(24)13-25-19-21-20-17-12-14(3)15-8-6-7-9-16(15)23(17)19/h4-9,12H,1-2,10-11,13H2,3H3. The Balaban J connectivity index is 1.90. The topological polar surface area (TPSA) is 50.5 Å². The zero-order valence-corrected chi connectivity index (χ0v) is 15.0. The molecule has 0 radical (unpaired) electrons. The molecule has 128 valence electrons. The number of carbonyl (C=O) groups is 1. The highest BCUT2D eigenvalue weighted by molar-refractivity contribution is 7.99. The highest BCUT2D eigenvalue weighted by Crippen LogP contribution is 2.25. The lowest BCUT2D eigenvalue weighted by Gasteiger charge is -2.18. The van der Waals surface area contributed by atoms with Gasteiger partial charge in [-0.05, 0) is 24.6 Å². The van der Waals surface area contributed by atoms with E-state index in [4.69, 9.17) is 0 Å². The average Bonchev–Trinajstić information content (AvgIpc) is 3.02. The maximum absolute atomic E-state index is 12.4. The number of pyridine rings is 1. The largest absolute Gasteiger partial charge is 0.335 e. The van der Waals surface area contributed by atoms with Crippen molar-refractivity contribution in [1.29, 1.82) is 0 Å². The maximum atomic E-state index is 12.4. The highest BCUT2D eigenvalue weighted by atomic mass is 32.2. The van der Waals surface area contributed by atoms with Crippen LogP contribution >= 0.6 is 11.8 Å². The summed E-state index contributed by atoms with van der Waals surface area (Å²) in [6, 6.07) is 10.2. The fraction of sp³-hybridized carbons (Fsp3) is 0.211. The minimum absolute atomic E-state index is 0.0259. The molecule has 6 heteroatoms. The summed E-state index contributed by atoms with van der Waals surface area (Å²) in [5.41, 5.74) is 3.00. The third-order valence-corrected chi connectivity index (χ3v) is 4.86. The number of hydrogen-bond donors (Lipinski definition) is 0. The normalized spacial score (nSPS) is 10.9. The molecule has 25 heavy (non-hydrogen) atoms. The summed E-state index contributed by atoms with van der Waals surface area (Å²) in [5, 5.41) is 10.4. The quantitative estimate of drug-likeness (QED) is 0.482. The van der Waals surface area contributed by atoms with E-state index in [0.29, 0.717) is 18.8 Å². The molecule has 0 aliphatic carbocycles. The Kier molecular flexibility index (Phi) is 5.19. The predicted molar refractivity (Wildman–Crippen MR) is 103 cm³/mol. The van der Waals surface area contributed by atoms with Crippen LogP contribution in [0.25, 0.3) is 16.6 Å². The smallest absolute Gasteiger partial charge is 0.233 e. The highest BCUT2D eigenvalue weighted by Gasteiger charge is 2.15. The van der Waals surface area contributed by atoms with Crippen LogP contribution in [0.15, 0.2) is 60.8 Å². The molecule has 0 N–H and O–H groups in total. The number of amides is 1. The van der Waals surface area contributed by atoms with Gasteiger partial charge in [-0.2, -0.15) is 0 Å². The van der Waals surface area contributed by atoms with Gasteiger partial charge in [0.2, 0.25) is 5.91 Å². The monoisotopic (exact) mass is 352 g/mol. The molecular weight excluding hydrogens is 332 g/mol. The van der Waals surface area contributed by atoms with Crippen molar-refractivity contribution in [2.75, 3.05) is 18.8 Å². The van der Waals surface area contributed by atoms with E-state index in [-0.39, 0.29) is 5.91 Å². The molecule has 3 rings (SSSR count). The van der Waals surface area contributed by atoms with Crippen molar-refractivity contribution >= 4 is 34.2 Å². The summed E-state index contributed by atoms with van der Waals surface area (Å²) >= 11 is 1.39. The maximum Gasteiger partial charge on any atom is 0.233 e. The van der Waals surface area contributed by atoms with Crippen LogP contribution in [0.1, 0.15) is 5.56 Å². The number of carbonyl (C=O) groups excluding carboxylic acids is 1. The van der Waals surface area contributed by atoms with Crippen LogP contribution in [-0.4, -0.2) is 44.2 Å². The molecule has 2 aromatic heterocycles. The van der Waals surface area contributed by atoms with Crippen molar-refractivity contribution in [2.45, 2.75) is 12.1 Å². The van der Waals surface area contributed by atoms with Crippen LogP contribution in [-0.2, 0) is 4.79 Å². The van der Waals surface area contributed by atoms with Gasteiger partial charge >= 0.3 is 0 Å². The van der Waals surface area contributed by atoms with Crippen LogP contribution in [0.2, 0.25) is 0 Å². The lowest BCUT2D eigenvalue weighted by atomic mass is 10.1. The Morgan fingerprint density at radius 3 is 2.68 bits per heavy atom. The van der Waals surface area contributed by atoms with E-state index in [1.165, 1.54) is 11.8 Å². The molecule has 0 saturated carbocycles. The van der Waals surface area contributed by atoms with Crippen molar-refractivity contribution in [3.63, 3.8) is 0 Å². The minimum Gasteiger partial charge on any atom is -0.335 e. The lowest BCUT2D eigenvalue weighted by Crippen LogP contribution is -2.32. The molecule has 3 aromatic rings. The van der Waals surface area contributed by atoms with E-state index in [1.54, 1.807) is 17.1 Å². The fourth-order valence-electron chi connectivity index (χ4n) is 2.78. The van der Waals surface area contributed by atoms with Gasteiger partial charge in [-0.1, -0.05) is 42.1 Å². The number of para-hydroxylation sites is 1. The van der Waals surface area contributed by atoms with Gasteiger partial charge in [-0.3, -0.25) is 9.20 Å². The Morgan fingerprint density at radius 1 is 1.24 bits per heavy atom. The Hall–Kier alpha value is -2.60. The molecule has 5 nitrogen and oxygen atoms in total. The summed E-state index contributed by atoms with van der Waals surface area (Å²) in [7, 11) is 0. The molecule has 0 aliphatic heterocycles. The summed E-state index contributed by atoms with van der Waals surface area (Å²) in [5.74, 6) is 0.322. The molecule has 1 amide bonds. The number of fused-ring (bicyclic) bond motifs is 3. The van der Waals surface area contributed by atoms with E-state index in [2.05, 4.69) is 36.3 Å². The second kappa shape index (κ2) is 7.53. The molecule has 0 unspecified atom stereocenters. The molecule has 0 atom stereocenters. The fourth-order valence-corrected chi connectivity index (χ4v) is 3.63. The first-order valence-electron chi connectivity index (χ1n) is 8.01. The molecule has 0 saturated heterocycles. The van der Waals surface area contributed by atoms with Gasteiger partial charge < -0.3 is 4.90 Å². The van der Waals surface area contributed by atoms with Crippen LogP contribution in [0.3, 0.4) is 0 Å². The summed E-state index contributed by atoms with van der Waals surface area (Å²) in [6.07, 6.45) is 3.43. The van der Waals surface area contributed by atoms with Crippen molar-refractivity contribution in [2.24, 2.45) is 0 Å². The number of nitrogens with zero attached hydrogens (tertiary/aromatic N) is 4. The predicted octanol–water partition coefficient (Wildman–Crippen LogP) is 3.48. The molecule has 0 fully saturated rings. The van der Waals surface area contributed by atoms with Crippen molar-refractivity contribution in [3.05, 3.63) is 61.2 Å². The number of rotatable bonds is 7. The van der Waals surface area contributed by atoms with Gasteiger partial charge in [0.25, 0.3) is 0 Å². The first-order chi connectivity index (χ1) is 12.2. The molecular formula is C19H20N4OS. The average molecular weight is 352 g/mol. The lowest BCUT2D eigenvalue weighted by molar-refractivity contribution is -0.127. The summed E-state index contributed by atoms with van der Waals surface area (Å²) in [4.78, 5) is 14.1. The minimum atomic E-state index is 0.0259. The van der Waals surface area contributed by atoms with Crippen LogP contribution < -0.4 is 0 Å². The number of hydrogen-bond acceptors (Lipinski definition) is 4. The molecule has 0 spiro atoms.